The van der Waals surface area contributed by atoms with Gasteiger partial charge in [0.15, 0.2) is 0 Å². The molecule has 1 aliphatic carbocycles. The summed E-state index contributed by atoms with van der Waals surface area (Å²) < 4.78 is 5.62. The Morgan fingerprint density at radius 1 is 1.54 bits per heavy atom. The minimum Gasteiger partial charge on any atom is -0.390 e. The molecule has 0 aliphatic heterocycles. The van der Waals surface area contributed by atoms with E-state index >= 15 is 0 Å². The minimum absolute atomic E-state index is 0.0451. The third-order valence-electron chi connectivity index (χ3n) is 2.51. The normalized spacial score (nSPS) is 32.8. The smallest absolute Gasteiger partial charge is 0.0843 e. The molecule has 0 radical (unpaired) electrons. The van der Waals surface area contributed by atoms with E-state index in [4.69, 9.17) is 4.74 Å². The summed E-state index contributed by atoms with van der Waals surface area (Å²) in [5, 5.41) is 9.75. The van der Waals surface area contributed by atoms with Gasteiger partial charge in [-0.2, -0.15) is 0 Å². The molecule has 0 aromatic carbocycles. The van der Waals surface area contributed by atoms with E-state index in [1.807, 2.05) is 20.8 Å². The Balaban J connectivity index is 2.44. The predicted molar refractivity (Wildman–Crippen MR) is 53.6 cm³/mol. The van der Waals surface area contributed by atoms with Crippen molar-refractivity contribution in [2.75, 3.05) is 0 Å². The Labute approximate surface area is 80.6 Å². The van der Waals surface area contributed by atoms with Crippen molar-refractivity contribution >= 4 is 0 Å². The zero-order chi connectivity index (χ0) is 9.84. The fraction of sp³-hybridized carbons (Fsp3) is 0.818. The number of aliphatic hydroxyl groups is 1. The van der Waals surface area contributed by atoms with E-state index < -0.39 is 0 Å². The second-order valence-electron chi connectivity index (χ2n) is 3.98. The Kier molecular flexibility index (Phi) is 3.94. The summed E-state index contributed by atoms with van der Waals surface area (Å²) in [5.74, 6) is 0. The van der Waals surface area contributed by atoms with E-state index in [1.54, 1.807) is 0 Å². The van der Waals surface area contributed by atoms with Gasteiger partial charge in [0.25, 0.3) is 0 Å². The van der Waals surface area contributed by atoms with Crippen molar-refractivity contribution in [1.82, 2.24) is 0 Å². The lowest BCUT2D eigenvalue weighted by atomic mass is 9.90. The standard InChI is InChI=1S/C11H20O2/c1-4-9-5-6-11(10(12)7-9)13-8(2)3/h4,8,10-12H,5-7H2,1-3H3/b9-4+. The maximum absolute atomic E-state index is 9.75. The van der Waals surface area contributed by atoms with Gasteiger partial charge >= 0.3 is 0 Å². The molecule has 1 rings (SSSR count). The minimum atomic E-state index is -0.303. The topological polar surface area (TPSA) is 29.5 Å². The molecular formula is C11H20O2. The van der Waals surface area contributed by atoms with Crippen LogP contribution in [0.15, 0.2) is 11.6 Å². The third-order valence-corrected chi connectivity index (χ3v) is 2.51. The number of allylic oxidation sites excluding steroid dienone is 1. The first-order valence-corrected chi connectivity index (χ1v) is 5.11. The molecule has 0 saturated heterocycles. The lowest BCUT2D eigenvalue weighted by Crippen LogP contribution is -2.34. The monoisotopic (exact) mass is 184 g/mol. The van der Waals surface area contributed by atoms with Crippen LogP contribution in [-0.2, 0) is 4.74 Å². The van der Waals surface area contributed by atoms with E-state index in [-0.39, 0.29) is 18.3 Å². The number of hydrogen-bond acceptors (Lipinski definition) is 2. The second kappa shape index (κ2) is 4.77. The molecule has 0 aromatic rings. The molecule has 0 heterocycles. The maximum Gasteiger partial charge on any atom is 0.0843 e. The maximum atomic E-state index is 9.75. The Morgan fingerprint density at radius 2 is 2.23 bits per heavy atom. The second-order valence-corrected chi connectivity index (χ2v) is 3.98. The van der Waals surface area contributed by atoms with Gasteiger partial charge in [0.05, 0.1) is 18.3 Å². The number of hydrogen-bond donors (Lipinski definition) is 1. The van der Waals surface area contributed by atoms with Crippen LogP contribution in [0, 0.1) is 0 Å². The van der Waals surface area contributed by atoms with Crippen molar-refractivity contribution in [2.45, 2.75) is 58.3 Å². The van der Waals surface area contributed by atoms with Gasteiger partial charge in [-0.15, -0.1) is 0 Å². The molecular weight excluding hydrogens is 164 g/mol. The summed E-state index contributed by atoms with van der Waals surface area (Å²) in [5.41, 5.74) is 1.36. The highest BCUT2D eigenvalue weighted by atomic mass is 16.5. The predicted octanol–water partition coefficient (Wildman–Crippen LogP) is 2.27. The molecule has 1 aliphatic rings. The van der Waals surface area contributed by atoms with Crippen molar-refractivity contribution in [3.8, 4) is 0 Å². The Morgan fingerprint density at radius 3 is 2.69 bits per heavy atom. The molecule has 0 aromatic heterocycles. The van der Waals surface area contributed by atoms with Crippen molar-refractivity contribution in [3.05, 3.63) is 11.6 Å². The Hall–Kier alpha value is -0.340. The molecule has 76 valence electrons. The molecule has 2 atom stereocenters. The van der Waals surface area contributed by atoms with Gasteiger partial charge in [0, 0.05) is 0 Å². The van der Waals surface area contributed by atoms with Crippen LogP contribution in [-0.4, -0.2) is 23.4 Å². The fourth-order valence-electron chi connectivity index (χ4n) is 1.79. The molecule has 0 bridgehead atoms. The van der Waals surface area contributed by atoms with Crippen LogP contribution in [0.25, 0.3) is 0 Å². The molecule has 2 unspecified atom stereocenters. The van der Waals surface area contributed by atoms with Gasteiger partial charge in [0.2, 0.25) is 0 Å². The molecule has 13 heavy (non-hydrogen) atoms. The van der Waals surface area contributed by atoms with Crippen molar-refractivity contribution in [2.24, 2.45) is 0 Å². The van der Waals surface area contributed by atoms with Gasteiger partial charge in [-0.1, -0.05) is 11.6 Å². The van der Waals surface area contributed by atoms with E-state index in [9.17, 15) is 5.11 Å². The summed E-state index contributed by atoms with van der Waals surface area (Å²) in [7, 11) is 0. The summed E-state index contributed by atoms with van der Waals surface area (Å²) in [6.45, 7) is 6.06. The van der Waals surface area contributed by atoms with Crippen molar-refractivity contribution < 1.29 is 9.84 Å². The van der Waals surface area contributed by atoms with E-state index in [2.05, 4.69) is 6.08 Å². The number of ether oxygens (including phenoxy) is 1. The van der Waals surface area contributed by atoms with Gasteiger partial charge in [0.1, 0.15) is 0 Å². The van der Waals surface area contributed by atoms with Gasteiger partial charge in [-0.05, 0) is 40.0 Å². The molecule has 2 nitrogen and oxygen atoms in total. The number of aliphatic hydroxyl groups excluding tert-OH is 1. The molecule has 1 saturated carbocycles. The van der Waals surface area contributed by atoms with Crippen LogP contribution in [0.5, 0.6) is 0 Å². The summed E-state index contributed by atoms with van der Waals surface area (Å²) >= 11 is 0. The van der Waals surface area contributed by atoms with Crippen LogP contribution in [0.2, 0.25) is 0 Å². The lowest BCUT2D eigenvalue weighted by molar-refractivity contribution is -0.0751. The van der Waals surface area contributed by atoms with Crippen molar-refractivity contribution in [3.63, 3.8) is 0 Å². The first-order chi connectivity index (χ1) is 6.13. The molecule has 2 heteroatoms. The van der Waals surface area contributed by atoms with Gasteiger partial charge < -0.3 is 9.84 Å². The summed E-state index contributed by atoms with van der Waals surface area (Å²) in [4.78, 5) is 0. The number of rotatable bonds is 2. The van der Waals surface area contributed by atoms with Crippen LogP contribution in [0.1, 0.15) is 40.0 Å². The van der Waals surface area contributed by atoms with Crippen molar-refractivity contribution in [1.29, 1.82) is 0 Å². The van der Waals surface area contributed by atoms with Crippen LogP contribution >= 0.6 is 0 Å². The average Bonchev–Trinajstić information content (AvgIpc) is 2.08. The summed E-state index contributed by atoms with van der Waals surface area (Å²) in [6.07, 6.45) is 4.88. The first-order valence-electron chi connectivity index (χ1n) is 5.11. The molecule has 0 amide bonds. The highest BCUT2D eigenvalue weighted by Gasteiger charge is 2.26. The quantitative estimate of drug-likeness (QED) is 0.667. The average molecular weight is 184 g/mol. The molecule has 0 spiro atoms. The zero-order valence-corrected chi connectivity index (χ0v) is 8.79. The fourth-order valence-corrected chi connectivity index (χ4v) is 1.79. The Bertz CT molecular complexity index is 185. The first kappa shape index (κ1) is 10.7. The largest absolute Gasteiger partial charge is 0.390 e. The van der Waals surface area contributed by atoms with Gasteiger partial charge in [-0.3, -0.25) is 0 Å². The van der Waals surface area contributed by atoms with Crippen LogP contribution < -0.4 is 0 Å². The third kappa shape index (κ3) is 3.12. The zero-order valence-electron chi connectivity index (χ0n) is 8.79. The van der Waals surface area contributed by atoms with Crippen LogP contribution in [0.3, 0.4) is 0 Å². The van der Waals surface area contributed by atoms with E-state index in [0.29, 0.717) is 0 Å². The molecule has 1 fully saturated rings. The lowest BCUT2D eigenvalue weighted by Gasteiger charge is -2.30. The van der Waals surface area contributed by atoms with E-state index in [0.717, 1.165) is 19.3 Å². The van der Waals surface area contributed by atoms with Crippen LogP contribution in [0.4, 0.5) is 0 Å². The SMILES string of the molecule is C/C=C1\CCC(OC(C)C)C(O)C1. The summed E-state index contributed by atoms with van der Waals surface area (Å²) in [6, 6.07) is 0. The van der Waals surface area contributed by atoms with Gasteiger partial charge in [-0.25, -0.2) is 0 Å². The van der Waals surface area contributed by atoms with E-state index in [1.165, 1.54) is 5.57 Å². The highest BCUT2D eigenvalue weighted by molar-refractivity contribution is 5.07. The molecule has 1 N–H and O–H groups in total. The highest BCUT2D eigenvalue weighted by Crippen LogP contribution is 2.26.